The molecule has 1 aromatic carbocycles. The summed E-state index contributed by atoms with van der Waals surface area (Å²) in [5.41, 5.74) is 0. The zero-order valence-corrected chi connectivity index (χ0v) is 8.89. The number of hydrogen-bond donors (Lipinski definition) is 0. The van der Waals surface area contributed by atoms with Gasteiger partial charge >= 0.3 is 0 Å². The molecule has 0 aliphatic rings. The Morgan fingerprint density at radius 3 is 2.69 bits per heavy atom. The van der Waals surface area contributed by atoms with E-state index in [4.69, 9.17) is 4.74 Å². The molecule has 0 saturated heterocycles. The minimum Gasteiger partial charge on any atom is -0.496 e. The molecule has 0 aromatic heterocycles. The van der Waals surface area contributed by atoms with Crippen molar-refractivity contribution < 1.29 is 4.74 Å². The number of benzene rings is 1. The van der Waals surface area contributed by atoms with Crippen molar-refractivity contribution in [2.45, 2.75) is 11.8 Å². The van der Waals surface area contributed by atoms with Gasteiger partial charge in [0.25, 0.3) is 0 Å². The number of aliphatic imine (C=N–C) groups is 1. The molecule has 0 heterocycles. The van der Waals surface area contributed by atoms with Crippen molar-refractivity contribution in [2.24, 2.45) is 4.99 Å². The molecule has 0 atom stereocenters. The lowest BCUT2D eigenvalue weighted by Gasteiger charge is -2.06. The van der Waals surface area contributed by atoms with Gasteiger partial charge in [-0.25, -0.2) is 0 Å². The summed E-state index contributed by atoms with van der Waals surface area (Å²) < 4.78 is 5.21. The highest BCUT2D eigenvalue weighted by Gasteiger charge is 2.02. The van der Waals surface area contributed by atoms with E-state index in [1.54, 1.807) is 25.9 Å². The summed E-state index contributed by atoms with van der Waals surface area (Å²) >= 11 is 1.62. The van der Waals surface area contributed by atoms with Crippen LogP contribution < -0.4 is 4.74 Å². The Kier molecular flexibility index (Phi) is 3.83. The molecule has 0 bridgehead atoms. The molecular formula is C10H13NOS. The summed E-state index contributed by atoms with van der Waals surface area (Å²) in [4.78, 5) is 5.19. The number of rotatable bonds is 2. The van der Waals surface area contributed by atoms with Gasteiger partial charge < -0.3 is 4.74 Å². The van der Waals surface area contributed by atoms with Crippen molar-refractivity contribution in [1.82, 2.24) is 0 Å². The molecule has 0 spiro atoms. The Morgan fingerprint density at radius 1 is 1.38 bits per heavy atom. The van der Waals surface area contributed by atoms with Crippen LogP contribution in [0, 0.1) is 0 Å². The molecule has 0 saturated carbocycles. The predicted molar refractivity (Wildman–Crippen MR) is 57.9 cm³/mol. The first-order valence-electron chi connectivity index (χ1n) is 4.02. The average molecular weight is 195 g/mol. The van der Waals surface area contributed by atoms with Crippen LogP contribution in [0.3, 0.4) is 0 Å². The number of methoxy groups -OCH3 is 1. The first-order valence-corrected chi connectivity index (χ1v) is 4.84. The third kappa shape index (κ3) is 2.77. The highest BCUT2D eigenvalue weighted by Crippen LogP contribution is 2.29. The molecule has 0 N–H and O–H groups in total. The van der Waals surface area contributed by atoms with E-state index in [0.717, 1.165) is 15.7 Å². The van der Waals surface area contributed by atoms with Crippen LogP contribution in [-0.2, 0) is 0 Å². The molecule has 0 aliphatic carbocycles. The summed E-state index contributed by atoms with van der Waals surface area (Å²) in [6, 6.07) is 7.93. The van der Waals surface area contributed by atoms with Crippen molar-refractivity contribution >= 4 is 16.8 Å². The minimum absolute atomic E-state index is 0.899. The lowest BCUT2D eigenvalue weighted by Crippen LogP contribution is -1.88. The van der Waals surface area contributed by atoms with Crippen molar-refractivity contribution in [1.29, 1.82) is 0 Å². The van der Waals surface area contributed by atoms with Crippen molar-refractivity contribution in [2.75, 3.05) is 14.2 Å². The monoisotopic (exact) mass is 195 g/mol. The number of nitrogens with zero attached hydrogens (tertiary/aromatic N) is 1. The molecule has 0 radical (unpaired) electrons. The molecule has 0 fully saturated rings. The summed E-state index contributed by atoms with van der Waals surface area (Å²) in [5.74, 6) is 0.899. The second kappa shape index (κ2) is 4.92. The molecule has 2 nitrogen and oxygen atoms in total. The topological polar surface area (TPSA) is 21.6 Å². The Balaban J connectivity index is 2.87. The van der Waals surface area contributed by atoms with E-state index in [-0.39, 0.29) is 0 Å². The van der Waals surface area contributed by atoms with Gasteiger partial charge in [-0.1, -0.05) is 23.9 Å². The van der Waals surface area contributed by atoms with Crippen LogP contribution in [0.1, 0.15) is 6.92 Å². The van der Waals surface area contributed by atoms with Gasteiger partial charge in [0.15, 0.2) is 0 Å². The maximum absolute atomic E-state index is 5.21. The highest BCUT2D eigenvalue weighted by molar-refractivity contribution is 8.14. The molecule has 3 heteroatoms. The second-order valence-corrected chi connectivity index (χ2v) is 3.73. The van der Waals surface area contributed by atoms with Crippen molar-refractivity contribution in [3.8, 4) is 5.75 Å². The fourth-order valence-electron chi connectivity index (χ4n) is 0.908. The van der Waals surface area contributed by atoms with E-state index < -0.39 is 0 Å². The van der Waals surface area contributed by atoms with Crippen LogP contribution in [0.15, 0.2) is 34.2 Å². The number of ether oxygens (including phenoxy) is 1. The second-order valence-electron chi connectivity index (χ2n) is 2.50. The maximum Gasteiger partial charge on any atom is 0.132 e. The molecule has 1 aromatic rings. The number of hydrogen-bond acceptors (Lipinski definition) is 3. The normalized spacial score (nSPS) is 11.5. The van der Waals surface area contributed by atoms with Crippen LogP contribution >= 0.6 is 11.8 Å². The zero-order valence-electron chi connectivity index (χ0n) is 8.07. The minimum atomic E-state index is 0.899. The third-order valence-corrected chi connectivity index (χ3v) is 2.68. The van der Waals surface area contributed by atoms with Gasteiger partial charge in [-0.2, -0.15) is 0 Å². The van der Waals surface area contributed by atoms with Crippen LogP contribution in [0.5, 0.6) is 5.75 Å². The van der Waals surface area contributed by atoms with E-state index in [1.807, 2.05) is 31.2 Å². The summed E-state index contributed by atoms with van der Waals surface area (Å²) in [5, 5.41) is 1.03. The lowest BCUT2D eigenvalue weighted by molar-refractivity contribution is 0.405. The van der Waals surface area contributed by atoms with Crippen LogP contribution in [0.2, 0.25) is 0 Å². The molecule has 0 unspecified atom stereocenters. The summed E-state index contributed by atoms with van der Waals surface area (Å²) in [7, 11) is 3.47. The van der Waals surface area contributed by atoms with Gasteiger partial charge in [0.2, 0.25) is 0 Å². The van der Waals surface area contributed by atoms with Crippen molar-refractivity contribution in [3.63, 3.8) is 0 Å². The van der Waals surface area contributed by atoms with E-state index in [9.17, 15) is 0 Å². The molecule has 0 amide bonds. The highest BCUT2D eigenvalue weighted by atomic mass is 32.2. The zero-order chi connectivity index (χ0) is 9.68. The van der Waals surface area contributed by atoms with Crippen LogP contribution in [0.4, 0.5) is 0 Å². The SMILES string of the molecule is CN=C(C)Sc1ccccc1OC. The summed E-state index contributed by atoms with van der Waals surface area (Å²) in [6.45, 7) is 1.98. The Morgan fingerprint density at radius 2 is 2.08 bits per heavy atom. The summed E-state index contributed by atoms with van der Waals surface area (Å²) in [6.07, 6.45) is 0. The fourth-order valence-corrected chi connectivity index (χ4v) is 1.72. The number of para-hydroxylation sites is 1. The number of thioether (sulfide) groups is 1. The molecule has 0 aliphatic heterocycles. The van der Waals surface area contributed by atoms with Gasteiger partial charge in [-0.15, -0.1) is 0 Å². The van der Waals surface area contributed by atoms with E-state index in [1.165, 1.54) is 0 Å². The molecule has 70 valence electrons. The Labute approximate surface area is 83.0 Å². The van der Waals surface area contributed by atoms with Gasteiger partial charge in [-0.3, -0.25) is 4.99 Å². The van der Waals surface area contributed by atoms with Crippen LogP contribution in [-0.4, -0.2) is 19.2 Å². The fraction of sp³-hybridized carbons (Fsp3) is 0.300. The first-order chi connectivity index (χ1) is 6.27. The Hall–Kier alpha value is -0.960. The maximum atomic E-state index is 5.21. The average Bonchev–Trinajstić information content (AvgIpc) is 2.18. The van der Waals surface area contributed by atoms with Crippen molar-refractivity contribution in [3.05, 3.63) is 24.3 Å². The van der Waals surface area contributed by atoms with E-state index in [0.29, 0.717) is 0 Å². The molecule has 13 heavy (non-hydrogen) atoms. The van der Waals surface area contributed by atoms with Gasteiger partial charge in [-0.05, 0) is 19.1 Å². The molecule has 1 rings (SSSR count). The van der Waals surface area contributed by atoms with E-state index in [2.05, 4.69) is 4.99 Å². The standard InChI is InChI=1S/C10H13NOS/c1-8(11-2)13-10-7-5-4-6-9(10)12-3/h4-7H,1-3H3. The van der Waals surface area contributed by atoms with Gasteiger partial charge in [0, 0.05) is 7.05 Å². The Bertz CT molecular complexity index is 310. The molecular weight excluding hydrogens is 182 g/mol. The van der Waals surface area contributed by atoms with Crippen LogP contribution in [0.25, 0.3) is 0 Å². The lowest BCUT2D eigenvalue weighted by atomic mass is 10.3. The quantitative estimate of drug-likeness (QED) is 0.411. The van der Waals surface area contributed by atoms with E-state index >= 15 is 0 Å². The third-order valence-electron chi connectivity index (χ3n) is 1.64. The smallest absolute Gasteiger partial charge is 0.132 e. The largest absolute Gasteiger partial charge is 0.496 e. The first kappa shape index (κ1) is 10.1. The van der Waals surface area contributed by atoms with Gasteiger partial charge in [0.1, 0.15) is 5.75 Å². The predicted octanol–water partition coefficient (Wildman–Crippen LogP) is 2.84. The van der Waals surface area contributed by atoms with Gasteiger partial charge in [0.05, 0.1) is 17.0 Å².